The molecule has 0 bridgehead atoms. The molecule has 160 valence electrons. The van der Waals surface area contributed by atoms with Crippen molar-refractivity contribution in [1.82, 2.24) is 14.5 Å². The molecule has 6 nitrogen and oxygen atoms in total. The van der Waals surface area contributed by atoms with Crippen molar-refractivity contribution in [3.8, 4) is 0 Å². The Balaban J connectivity index is 1.44. The van der Waals surface area contributed by atoms with E-state index in [2.05, 4.69) is 33.9 Å². The Kier molecular flexibility index (Phi) is 7.79. The van der Waals surface area contributed by atoms with Gasteiger partial charge >= 0.3 is 0 Å². The van der Waals surface area contributed by atoms with Crippen LogP contribution < -0.4 is 4.72 Å². The number of benzene rings is 2. The molecule has 0 unspecified atom stereocenters. The van der Waals surface area contributed by atoms with Crippen LogP contribution in [0.1, 0.15) is 21.5 Å². The summed E-state index contributed by atoms with van der Waals surface area (Å²) in [6.45, 7) is 4.40. The van der Waals surface area contributed by atoms with E-state index in [0.717, 1.165) is 44.5 Å². The molecule has 1 fully saturated rings. The van der Waals surface area contributed by atoms with Gasteiger partial charge in [-0.2, -0.15) is 0 Å². The van der Waals surface area contributed by atoms with Crippen molar-refractivity contribution in [3.63, 3.8) is 0 Å². The molecule has 2 aromatic rings. The van der Waals surface area contributed by atoms with E-state index in [0.29, 0.717) is 18.5 Å². The zero-order valence-corrected chi connectivity index (χ0v) is 18.1. The highest BCUT2D eigenvalue weighted by Gasteiger charge is 2.21. The van der Waals surface area contributed by atoms with E-state index in [1.807, 2.05) is 47.4 Å². The van der Waals surface area contributed by atoms with E-state index in [1.165, 1.54) is 5.56 Å². The van der Waals surface area contributed by atoms with E-state index in [9.17, 15) is 13.2 Å². The molecule has 0 aromatic heterocycles. The second kappa shape index (κ2) is 10.5. The largest absolute Gasteiger partial charge is 0.336 e. The quantitative estimate of drug-likeness (QED) is 0.702. The fraction of sp³-hybridized carbons (Fsp3) is 0.348. The summed E-state index contributed by atoms with van der Waals surface area (Å²) >= 11 is 0. The van der Waals surface area contributed by atoms with Crippen LogP contribution in [0.3, 0.4) is 0 Å². The minimum atomic E-state index is -3.17. The fourth-order valence-electron chi connectivity index (χ4n) is 3.41. The first-order valence-corrected chi connectivity index (χ1v) is 12.1. The number of amides is 1. The van der Waals surface area contributed by atoms with Crippen molar-refractivity contribution in [3.05, 3.63) is 77.4 Å². The lowest BCUT2D eigenvalue weighted by Crippen LogP contribution is -2.48. The summed E-state index contributed by atoms with van der Waals surface area (Å²) < 4.78 is 24.7. The van der Waals surface area contributed by atoms with Crippen LogP contribution in [0.2, 0.25) is 0 Å². The molecule has 0 aliphatic carbocycles. The molecule has 7 heteroatoms. The molecule has 0 spiro atoms. The Morgan fingerprint density at radius 2 is 1.67 bits per heavy atom. The first-order valence-electron chi connectivity index (χ1n) is 10.2. The van der Waals surface area contributed by atoms with Crippen LogP contribution in [0.25, 0.3) is 6.08 Å². The first-order chi connectivity index (χ1) is 14.4. The number of piperazine rings is 1. The minimum absolute atomic E-state index is 0.0512. The smallest absolute Gasteiger partial charge is 0.253 e. The summed E-state index contributed by atoms with van der Waals surface area (Å²) in [5.74, 6) is 0.0512. The zero-order chi connectivity index (χ0) is 21.4. The molecule has 2 aromatic carbocycles. The lowest BCUT2D eigenvalue weighted by atomic mass is 10.1. The average Bonchev–Trinajstić information content (AvgIpc) is 2.74. The highest BCUT2D eigenvalue weighted by Crippen LogP contribution is 2.11. The van der Waals surface area contributed by atoms with Gasteiger partial charge in [0.2, 0.25) is 10.0 Å². The van der Waals surface area contributed by atoms with Gasteiger partial charge in [-0.1, -0.05) is 54.6 Å². The normalized spacial score (nSPS) is 15.6. The van der Waals surface area contributed by atoms with Crippen LogP contribution in [0.5, 0.6) is 0 Å². The summed E-state index contributed by atoms with van der Waals surface area (Å²) in [6.07, 6.45) is 6.04. The van der Waals surface area contributed by atoms with E-state index in [1.54, 1.807) is 0 Å². The number of nitrogens with one attached hydrogen (secondary N) is 1. The van der Waals surface area contributed by atoms with Gasteiger partial charge in [-0.3, -0.25) is 9.69 Å². The second-order valence-electron chi connectivity index (χ2n) is 7.52. The third kappa shape index (κ3) is 7.09. The van der Waals surface area contributed by atoms with Gasteiger partial charge in [0.25, 0.3) is 5.91 Å². The molecule has 1 aliphatic heterocycles. The van der Waals surface area contributed by atoms with E-state index in [4.69, 9.17) is 0 Å². The molecule has 1 aliphatic rings. The molecular weight excluding hydrogens is 398 g/mol. The number of carbonyl (C=O) groups excluding carboxylic acids is 1. The Labute approximate surface area is 179 Å². The van der Waals surface area contributed by atoms with E-state index in [-0.39, 0.29) is 5.91 Å². The monoisotopic (exact) mass is 427 g/mol. The van der Waals surface area contributed by atoms with Gasteiger partial charge in [-0.15, -0.1) is 0 Å². The molecule has 1 saturated heterocycles. The number of carbonyl (C=O) groups is 1. The number of nitrogens with zero attached hydrogens (tertiary/aromatic N) is 2. The Bertz CT molecular complexity index is 949. The first kappa shape index (κ1) is 22.2. The SMILES string of the molecule is CS(=O)(=O)NCCc1ccc(C(=O)N2CCN(C/C=C/c3ccccc3)CC2)cc1. The van der Waals surface area contributed by atoms with Crippen molar-refractivity contribution in [2.75, 3.05) is 45.5 Å². The number of sulfonamides is 1. The van der Waals surface area contributed by atoms with Gasteiger partial charge in [0, 0.05) is 44.8 Å². The minimum Gasteiger partial charge on any atom is -0.336 e. The number of hydrogen-bond donors (Lipinski definition) is 1. The molecule has 0 radical (unpaired) electrons. The third-order valence-electron chi connectivity index (χ3n) is 5.11. The Hall–Kier alpha value is -2.48. The van der Waals surface area contributed by atoms with Crippen molar-refractivity contribution in [1.29, 1.82) is 0 Å². The Morgan fingerprint density at radius 3 is 2.30 bits per heavy atom. The van der Waals surface area contributed by atoms with Gasteiger partial charge in [-0.25, -0.2) is 13.1 Å². The summed E-state index contributed by atoms with van der Waals surface area (Å²) in [4.78, 5) is 17.0. The molecule has 0 saturated carbocycles. The summed E-state index contributed by atoms with van der Waals surface area (Å²) in [7, 11) is -3.17. The van der Waals surface area contributed by atoms with Crippen molar-refractivity contribution < 1.29 is 13.2 Å². The summed E-state index contributed by atoms with van der Waals surface area (Å²) in [5.41, 5.74) is 2.87. The van der Waals surface area contributed by atoms with Gasteiger partial charge in [0.1, 0.15) is 0 Å². The molecular formula is C23H29N3O3S. The van der Waals surface area contributed by atoms with Crippen LogP contribution >= 0.6 is 0 Å². The topological polar surface area (TPSA) is 69.7 Å². The lowest BCUT2D eigenvalue weighted by Gasteiger charge is -2.34. The lowest BCUT2D eigenvalue weighted by molar-refractivity contribution is 0.0650. The maximum atomic E-state index is 12.8. The molecule has 1 amide bonds. The van der Waals surface area contributed by atoms with Crippen LogP contribution in [-0.4, -0.2) is 69.6 Å². The Morgan fingerprint density at radius 1 is 1.00 bits per heavy atom. The molecule has 1 heterocycles. The average molecular weight is 428 g/mol. The zero-order valence-electron chi connectivity index (χ0n) is 17.3. The van der Waals surface area contributed by atoms with Crippen molar-refractivity contribution in [2.24, 2.45) is 0 Å². The molecule has 1 N–H and O–H groups in total. The maximum Gasteiger partial charge on any atom is 0.253 e. The second-order valence-corrected chi connectivity index (χ2v) is 9.35. The predicted molar refractivity (Wildman–Crippen MR) is 121 cm³/mol. The van der Waals surface area contributed by atoms with Gasteiger partial charge in [0.15, 0.2) is 0 Å². The predicted octanol–water partition coefficient (Wildman–Crippen LogP) is 2.25. The molecule has 0 atom stereocenters. The molecule has 30 heavy (non-hydrogen) atoms. The van der Waals surface area contributed by atoms with Gasteiger partial charge in [0.05, 0.1) is 6.26 Å². The summed E-state index contributed by atoms with van der Waals surface area (Å²) in [5, 5.41) is 0. The van der Waals surface area contributed by atoms with Crippen molar-refractivity contribution >= 4 is 22.0 Å². The molecule has 3 rings (SSSR count). The third-order valence-corrected chi connectivity index (χ3v) is 5.84. The van der Waals surface area contributed by atoms with Crippen LogP contribution in [0.4, 0.5) is 0 Å². The van der Waals surface area contributed by atoms with Gasteiger partial charge < -0.3 is 4.90 Å². The van der Waals surface area contributed by atoms with E-state index < -0.39 is 10.0 Å². The fourth-order valence-corrected chi connectivity index (χ4v) is 3.89. The van der Waals surface area contributed by atoms with E-state index >= 15 is 0 Å². The van der Waals surface area contributed by atoms with Crippen LogP contribution in [0, 0.1) is 0 Å². The van der Waals surface area contributed by atoms with Crippen molar-refractivity contribution in [2.45, 2.75) is 6.42 Å². The van der Waals surface area contributed by atoms with Crippen LogP contribution in [0.15, 0.2) is 60.7 Å². The maximum absolute atomic E-state index is 12.8. The summed E-state index contributed by atoms with van der Waals surface area (Å²) in [6, 6.07) is 17.7. The van der Waals surface area contributed by atoms with Gasteiger partial charge in [-0.05, 0) is 29.7 Å². The number of hydrogen-bond acceptors (Lipinski definition) is 4. The highest BCUT2D eigenvalue weighted by atomic mass is 32.2. The highest BCUT2D eigenvalue weighted by molar-refractivity contribution is 7.88. The standard InChI is InChI=1S/C23H29N3O3S/c1-30(28,29)24-14-13-21-9-11-22(12-10-21)23(27)26-18-16-25(17-19-26)15-5-8-20-6-3-2-4-7-20/h2-12,24H,13-19H2,1H3/b8-5+. The number of rotatable bonds is 8. The van der Waals surface area contributed by atoms with Crippen LogP contribution in [-0.2, 0) is 16.4 Å².